The number of fused-ring (bicyclic) bond motifs is 1. The third-order valence-electron chi connectivity index (χ3n) is 4.22. The van der Waals surface area contributed by atoms with Crippen LogP contribution >= 0.6 is 11.6 Å². The summed E-state index contributed by atoms with van der Waals surface area (Å²) in [6, 6.07) is 9.50. The zero-order chi connectivity index (χ0) is 19.7. The van der Waals surface area contributed by atoms with Crippen molar-refractivity contribution >= 4 is 28.4 Å². The Balaban J connectivity index is 1.57. The number of rotatable bonds is 5. The highest BCUT2D eigenvalue weighted by Crippen LogP contribution is 2.29. The van der Waals surface area contributed by atoms with Crippen LogP contribution in [0.5, 0.6) is 0 Å². The second-order valence-corrected chi connectivity index (χ2v) is 6.50. The molecule has 0 saturated carbocycles. The van der Waals surface area contributed by atoms with Gasteiger partial charge in [-0.3, -0.25) is 4.79 Å². The lowest BCUT2D eigenvalue weighted by Gasteiger charge is -2.12. The number of carbonyl (C=O) groups is 1. The number of amides is 1. The maximum Gasteiger partial charge on any atom is 0.251 e. The summed E-state index contributed by atoms with van der Waals surface area (Å²) in [5, 5.41) is 17.6. The van der Waals surface area contributed by atoms with Gasteiger partial charge in [0.25, 0.3) is 11.8 Å². The lowest BCUT2D eigenvalue weighted by Crippen LogP contribution is -2.31. The van der Waals surface area contributed by atoms with Gasteiger partial charge in [-0.25, -0.2) is 4.39 Å². The van der Waals surface area contributed by atoms with Crippen LogP contribution in [-0.2, 0) is 0 Å². The molecule has 2 aromatic carbocycles. The number of aromatic nitrogens is 3. The molecule has 0 aliphatic heterocycles. The van der Waals surface area contributed by atoms with Crippen LogP contribution in [0, 0.1) is 5.82 Å². The van der Waals surface area contributed by atoms with E-state index in [0.717, 1.165) is 10.9 Å². The molecule has 0 fully saturated rings. The fourth-order valence-electron chi connectivity index (χ4n) is 2.80. The summed E-state index contributed by atoms with van der Waals surface area (Å²) < 4.78 is 18.2. The van der Waals surface area contributed by atoms with Gasteiger partial charge in [-0.15, -0.1) is 0 Å². The van der Waals surface area contributed by atoms with E-state index in [1.165, 1.54) is 24.3 Å². The topological polar surface area (TPSA) is 104 Å². The Morgan fingerprint density at radius 1 is 1.29 bits per heavy atom. The molecule has 4 rings (SSSR count). The standard InChI is InChI=1S/C19H14ClFN4O3/c20-11-3-6-13-14(8-22-15(13)7-11)17-24-19(28-25-17)16(9-26)23-18(27)10-1-4-12(21)5-2-10/h1-8,16,22,26H,9H2,(H,23,27)/t16-/m0/s1. The molecular formula is C19H14ClFN4O3. The Bertz CT molecular complexity index is 1140. The largest absolute Gasteiger partial charge is 0.394 e. The number of H-pyrrole nitrogens is 1. The molecule has 0 bridgehead atoms. The summed E-state index contributed by atoms with van der Waals surface area (Å²) in [5.74, 6) is -0.591. The van der Waals surface area contributed by atoms with Gasteiger partial charge in [0, 0.05) is 33.2 Å². The molecule has 4 aromatic rings. The fraction of sp³-hybridized carbons (Fsp3) is 0.105. The van der Waals surface area contributed by atoms with Crippen LogP contribution < -0.4 is 5.32 Å². The van der Waals surface area contributed by atoms with Crippen LogP contribution in [0.1, 0.15) is 22.3 Å². The number of aromatic amines is 1. The molecule has 0 radical (unpaired) electrons. The number of hydrogen-bond donors (Lipinski definition) is 3. The molecule has 9 heteroatoms. The lowest BCUT2D eigenvalue weighted by atomic mass is 10.1. The summed E-state index contributed by atoms with van der Waals surface area (Å²) in [5.41, 5.74) is 1.76. The summed E-state index contributed by atoms with van der Waals surface area (Å²) in [6.07, 6.45) is 1.72. The second-order valence-electron chi connectivity index (χ2n) is 6.06. The van der Waals surface area contributed by atoms with Gasteiger partial charge >= 0.3 is 0 Å². The van der Waals surface area contributed by atoms with Crippen molar-refractivity contribution in [1.29, 1.82) is 0 Å². The zero-order valence-electron chi connectivity index (χ0n) is 14.3. The van der Waals surface area contributed by atoms with Gasteiger partial charge in [0.15, 0.2) is 0 Å². The predicted molar refractivity (Wildman–Crippen MR) is 100 cm³/mol. The molecule has 1 atom stereocenters. The molecular weight excluding hydrogens is 387 g/mol. The number of aliphatic hydroxyl groups excluding tert-OH is 1. The van der Waals surface area contributed by atoms with Gasteiger partial charge in [0.2, 0.25) is 5.82 Å². The number of nitrogens with zero attached hydrogens (tertiary/aromatic N) is 2. The minimum atomic E-state index is -0.904. The molecule has 0 unspecified atom stereocenters. The van der Waals surface area contributed by atoms with Crippen molar-refractivity contribution < 1.29 is 18.8 Å². The SMILES string of the molecule is O=C(N[C@@H](CO)c1nc(-c2c[nH]c3cc(Cl)ccc23)no1)c1ccc(F)cc1. The second kappa shape index (κ2) is 7.41. The Kier molecular flexibility index (Phi) is 4.81. The minimum Gasteiger partial charge on any atom is -0.394 e. The summed E-state index contributed by atoms with van der Waals surface area (Å²) >= 11 is 5.99. The molecule has 0 aliphatic rings. The van der Waals surface area contributed by atoms with E-state index in [0.29, 0.717) is 16.4 Å². The van der Waals surface area contributed by atoms with Crippen LogP contribution in [0.3, 0.4) is 0 Å². The first-order chi connectivity index (χ1) is 13.5. The van der Waals surface area contributed by atoms with Crippen molar-refractivity contribution in [3.63, 3.8) is 0 Å². The average molecular weight is 401 g/mol. The number of halogens is 2. The van der Waals surface area contributed by atoms with Crippen molar-refractivity contribution in [1.82, 2.24) is 20.4 Å². The number of hydrogen-bond acceptors (Lipinski definition) is 5. The Morgan fingerprint density at radius 2 is 2.07 bits per heavy atom. The van der Waals surface area contributed by atoms with E-state index < -0.39 is 24.4 Å². The van der Waals surface area contributed by atoms with E-state index in [4.69, 9.17) is 16.1 Å². The van der Waals surface area contributed by atoms with Gasteiger partial charge in [0.1, 0.15) is 11.9 Å². The first-order valence-electron chi connectivity index (χ1n) is 8.33. The van der Waals surface area contributed by atoms with Crippen LogP contribution in [0.2, 0.25) is 5.02 Å². The number of carbonyl (C=O) groups excluding carboxylic acids is 1. The van der Waals surface area contributed by atoms with Crippen molar-refractivity contribution in [2.24, 2.45) is 0 Å². The fourth-order valence-corrected chi connectivity index (χ4v) is 2.97. The van der Waals surface area contributed by atoms with Gasteiger partial charge < -0.3 is 19.9 Å². The monoisotopic (exact) mass is 400 g/mol. The quantitative estimate of drug-likeness (QED) is 0.476. The summed E-state index contributed by atoms with van der Waals surface area (Å²) in [4.78, 5) is 19.7. The van der Waals surface area contributed by atoms with E-state index >= 15 is 0 Å². The van der Waals surface area contributed by atoms with Crippen LogP contribution in [-0.4, -0.2) is 32.7 Å². The van der Waals surface area contributed by atoms with E-state index in [1.54, 1.807) is 18.3 Å². The Hall–Kier alpha value is -3.23. The highest BCUT2D eigenvalue weighted by Gasteiger charge is 2.22. The number of aliphatic hydroxyl groups is 1. The molecule has 0 aliphatic carbocycles. The Labute approximate surface area is 163 Å². The third-order valence-corrected chi connectivity index (χ3v) is 4.45. The van der Waals surface area contributed by atoms with Gasteiger partial charge in [-0.2, -0.15) is 4.98 Å². The molecule has 3 N–H and O–H groups in total. The third kappa shape index (κ3) is 3.47. The molecule has 7 nitrogen and oxygen atoms in total. The predicted octanol–water partition coefficient (Wildman–Crippen LogP) is 3.47. The summed E-state index contributed by atoms with van der Waals surface area (Å²) in [6.45, 7) is -0.446. The molecule has 1 amide bonds. The Morgan fingerprint density at radius 3 is 2.82 bits per heavy atom. The molecule has 2 heterocycles. The molecule has 142 valence electrons. The van der Waals surface area contributed by atoms with Crippen LogP contribution in [0.15, 0.2) is 53.2 Å². The zero-order valence-corrected chi connectivity index (χ0v) is 15.1. The van der Waals surface area contributed by atoms with Crippen molar-refractivity contribution in [3.05, 3.63) is 71.0 Å². The van der Waals surface area contributed by atoms with E-state index in [1.807, 2.05) is 6.07 Å². The highest BCUT2D eigenvalue weighted by molar-refractivity contribution is 6.31. The van der Waals surface area contributed by atoms with E-state index in [2.05, 4.69) is 20.4 Å². The first-order valence-corrected chi connectivity index (χ1v) is 8.71. The van der Waals surface area contributed by atoms with E-state index in [-0.39, 0.29) is 11.5 Å². The molecule has 0 saturated heterocycles. The van der Waals surface area contributed by atoms with Crippen molar-refractivity contribution in [2.45, 2.75) is 6.04 Å². The summed E-state index contributed by atoms with van der Waals surface area (Å²) in [7, 11) is 0. The molecule has 28 heavy (non-hydrogen) atoms. The average Bonchev–Trinajstić information content (AvgIpc) is 3.33. The van der Waals surface area contributed by atoms with E-state index in [9.17, 15) is 14.3 Å². The van der Waals surface area contributed by atoms with Gasteiger partial charge in [-0.05, 0) is 36.4 Å². The number of benzene rings is 2. The lowest BCUT2D eigenvalue weighted by molar-refractivity contribution is 0.0901. The maximum atomic E-state index is 13.0. The molecule has 2 aromatic heterocycles. The van der Waals surface area contributed by atoms with Crippen molar-refractivity contribution in [2.75, 3.05) is 6.61 Å². The smallest absolute Gasteiger partial charge is 0.251 e. The highest BCUT2D eigenvalue weighted by atomic mass is 35.5. The minimum absolute atomic E-state index is 0.0521. The first kappa shape index (κ1) is 18.1. The van der Waals surface area contributed by atoms with Crippen molar-refractivity contribution in [3.8, 4) is 11.4 Å². The number of nitrogens with one attached hydrogen (secondary N) is 2. The maximum absolute atomic E-state index is 13.0. The molecule has 0 spiro atoms. The van der Waals surface area contributed by atoms with Crippen LogP contribution in [0.4, 0.5) is 4.39 Å². The van der Waals surface area contributed by atoms with Crippen LogP contribution in [0.25, 0.3) is 22.3 Å². The van der Waals surface area contributed by atoms with Gasteiger partial charge in [0.05, 0.1) is 6.61 Å². The van der Waals surface area contributed by atoms with Gasteiger partial charge in [-0.1, -0.05) is 22.8 Å². The normalized spacial score (nSPS) is 12.2.